The van der Waals surface area contributed by atoms with Crippen molar-refractivity contribution in [2.75, 3.05) is 53.5 Å². The number of rotatable bonds is 10. The molecule has 2 N–H and O–H groups in total. The fourth-order valence-corrected chi connectivity index (χ4v) is 2.70. The van der Waals surface area contributed by atoms with E-state index in [0.29, 0.717) is 0 Å². The van der Waals surface area contributed by atoms with Gasteiger partial charge in [-0.1, -0.05) is 13.3 Å². The Kier molecular flexibility index (Phi) is 11.1. The van der Waals surface area contributed by atoms with Gasteiger partial charge in [-0.3, -0.25) is 4.99 Å². The third-order valence-corrected chi connectivity index (χ3v) is 4.31. The Morgan fingerprint density at radius 1 is 1.14 bits per heavy atom. The summed E-state index contributed by atoms with van der Waals surface area (Å²) < 4.78 is 5.55. The molecule has 0 atom stereocenters. The summed E-state index contributed by atoms with van der Waals surface area (Å²) in [6, 6.07) is 0. The minimum Gasteiger partial charge on any atom is -0.381 e. The summed E-state index contributed by atoms with van der Waals surface area (Å²) in [6.07, 6.45) is 7.30. The molecule has 130 valence electrons. The lowest BCUT2D eigenvalue weighted by Crippen LogP contribution is -2.39. The van der Waals surface area contributed by atoms with E-state index in [1.807, 2.05) is 7.05 Å². The van der Waals surface area contributed by atoms with Crippen LogP contribution in [0.15, 0.2) is 4.99 Å². The van der Waals surface area contributed by atoms with Gasteiger partial charge < -0.3 is 20.3 Å². The Labute approximate surface area is 136 Å². The lowest BCUT2D eigenvalue weighted by atomic mass is 9.94. The molecule has 0 aromatic heterocycles. The van der Waals surface area contributed by atoms with Crippen molar-refractivity contribution < 1.29 is 4.74 Å². The van der Waals surface area contributed by atoms with Crippen LogP contribution in [0.1, 0.15) is 45.4 Å². The first kappa shape index (κ1) is 19.2. The van der Waals surface area contributed by atoms with Gasteiger partial charge in [0.1, 0.15) is 0 Å². The number of nitrogens with zero attached hydrogens (tertiary/aromatic N) is 2. The summed E-state index contributed by atoms with van der Waals surface area (Å²) in [5.41, 5.74) is 0. The maximum absolute atomic E-state index is 5.55. The van der Waals surface area contributed by atoms with E-state index in [1.54, 1.807) is 0 Å². The molecule has 0 aromatic carbocycles. The molecule has 0 aromatic rings. The van der Waals surface area contributed by atoms with Crippen LogP contribution in [0.25, 0.3) is 0 Å². The zero-order chi connectivity index (χ0) is 16.0. The number of nitrogens with one attached hydrogen (secondary N) is 2. The van der Waals surface area contributed by atoms with E-state index in [0.717, 1.165) is 51.0 Å². The Morgan fingerprint density at radius 2 is 1.82 bits per heavy atom. The molecular formula is C17H36N4O. The van der Waals surface area contributed by atoms with Gasteiger partial charge in [-0.05, 0) is 58.2 Å². The largest absolute Gasteiger partial charge is 0.381 e. The third-order valence-electron chi connectivity index (χ3n) is 4.31. The van der Waals surface area contributed by atoms with Crippen LogP contribution >= 0.6 is 0 Å². The SMILES string of the molecule is CCCCOCCCNC(=NC)NCCC1CCN(C)CC1. The van der Waals surface area contributed by atoms with Gasteiger partial charge in [-0.25, -0.2) is 0 Å². The van der Waals surface area contributed by atoms with Crippen molar-refractivity contribution >= 4 is 5.96 Å². The molecule has 22 heavy (non-hydrogen) atoms. The number of piperidine rings is 1. The summed E-state index contributed by atoms with van der Waals surface area (Å²) in [7, 11) is 4.05. The molecule has 0 aliphatic carbocycles. The molecule has 0 unspecified atom stereocenters. The second kappa shape index (κ2) is 12.7. The fourth-order valence-electron chi connectivity index (χ4n) is 2.70. The lowest BCUT2D eigenvalue weighted by molar-refractivity contribution is 0.129. The Balaban J connectivity index is 1.98. The lowest BCUT2D eigenvalue weighted by Gasteiger charge is -2.29. The van der Waals surface area contributed by atoms with Gasteiger partial charge in [0.25, 0.3) is 0 Å². The second-order valence-electron chi connectivity index (χ2n) is 6.28. The minimum absolute atomic E-state index is 0.833. The molecule has 0 amide bonds. The molecule has 1 aliphatic rings. The molecule has 0 radical (unpaired) electrons. The van der Waals surface area contributed by atoms with E-state index in [2.05, 4.69) is 34.5 Å². The first-order valence-electron chi connectivity index (χ1n) is 8.97. The van der Waals surface area contributed by atoms with Gasteiger partial charge in [0.15, 0.2) is 5.96 Å². The summed E-state index contributed by atoms with van der Waals surface area (Å²) >= 11 is 0. The van der Waals surface area contributed by atoms with Crippen molar-refractivity contribution in [3.63, 3.8) is 0 Å². The molecule has 1 fully saturated rings. The van der Waals surface area contributed by atoms with Gasteiger partial charge in [-0.15, -0.1) is 0 Å². The van der Waals surface area contributed by atoms with Crippen molar-refractivity contribution in [3.05, 3.63) is 0 Å². The monoisotopic (exact) mass is 312 g/mol. The number of guanidine groups is 1. The summed E-state index contributed by atoms with van der Waals surface area (Å²) in [5.74, 6) is 1.79. The fraction of sp³-hybridized carbons (Fsp3) is 0.941. The predicted octanol–water partition coefficient (Wildman–Crippen LogP) is 2.09. The van der Waals surface area contributed by atoms with Crippen molar-refractivity contribution in [2.24, 2.45) is 10.9 Å². The van der Waals surface area contributed by atoms with E-state index in [-0.39, 0.29) is 0 Å². The number of likely N-dealkylation sites (tertiary alicyclic amines) is 1. The highest BCUT2D eigenvalue weighted by molar-refractivity contribution is 5.79. The zero-order valence-corrected chi connectivity index (χ0v) is 14.9. The Morgan fingerprint density at radius 3 is 2.50 bits per heavy atom. The number of aliphatic imine (C=N–C) groups is 1. The quantitative estimate of drug-likeness (QED) is 0.368. The standard InChI is InChI=1S/C17H36N4O/c1-4-5-14-22-15-6-10-19-17(18-2)20-11-7-16-8-12-21(3)13-9-16/h16H,4-15H2,1-3H3,(H2,18,19,20). The van der Waals surface area contributed by atoms with Crippen LogP contribution in [0.2, 0.25) is 0 Å². The van der Waals surface area contributed by atoms with E-state index in [9.17, 15) is 0 Å². The predicted molar refractivity (Wildman–Crippen MR) is 94.5 cm³/mol. The number of unbranched alkanes of at least 4 members (excludes halogenated alkanes) is 1. The van der Waals surface area contributed by atoms with Crippen molar-refractivity contribution in [1.82, 2.24) is 15.5 Å². The van der Waals surface area contributed by atoms with E-state index >= 15 is 0 Å². The van der Waals surface area contributed by atoms with Crippen LogP contribution in [-0.4, -0.2) is 64.3 Å². The van der Waals surface area contributed by atoms with Gasteiger partial charge in [0, 0.05) is 33.4 Å². The molecule has 0 bridgehead atoms. The maximum Gasteiger partial charge on any atom is 0.190 e. The zero-order valence-electron chi connectivity index (χ0n) is 14.9. The Bertz CT molecular complexity index is 288. The molecule has 1 heterocycles. The first-order chi connectivity index (χ1) is 10.8. The highest BCUT2D eigenvalue weighted by Crippen LogP contribution is 2.18. The molecule has 0 spiro atoms. The Hall–Kier alpha value is -0.810. The topological polar surface area (TPSA) is 48.9 Å². The number of hydrogen-bond acceptors (Lipinski definition) is 3. The summed E-state index contributed by atoms with van der Waals surface area (Å²) in [6.45, 7) is 8.33. The van der Waals surface area contributed by atoms with Crippen LogP contribution < -0.4 is 10.6 Å². The summed E-state index contributed by atoms with van der Waals surface area (Å²) in [5, 5.41) is 6.78. The van der Waals surface area contributed by atoms with Crippen LogP contribution in [0.4, 0.5) is 0 Å². The normalized spacial score (nSPS) is 17.7. The van der Waals surface area contributed by atoms with Crippen LogP contribution in [0.3, 0.4) is 0 Å². The molecule has 1 saturated heterocycles. The van der Waals surface area contributed by atoms with Crippen LogP contribution in [0.5, 0.6) is 0 Å². The molecule has 1 aliphatic heterocycles. The molecule has 5 nitrogen and oxygen atoms in total. The maximum atomic E-state index is 5.55. The number of ether oxygens (including phenoxy) is 1. The van der Waals surface area contributed by atoms with E-state index in [1.165, 1.54) is 38.8 Å². The van der Waals surface area contributed by atoms with Gasteiger partial charge in [-0.2, -0.15) is 0 Å². The average Bonchev–Trinajstić information content (AvgIpc) is 2.54. The highest BCUT2D eigenvalue weighted by atomic mass is 16.5. The van der Waals surface area contributed by atoms with Gasteiger partial charge in [0.2, 0.25) is 0 Å². The van der Waals surface area contributed by atoms with Crippen LogP contribution in [-0.2, 0) is 4.74 Å². The van der Waals surface area contributed by atoms with Gasteiger partial charge >= 0.3 is 0 Å². The smallest absolute Gasteiger partial charge is 0.190 e. The molecule has 0 saturated carbocycles. The van der Waals surface area contributed by atoms with E-state index < -0.39 is 0 Å². The average molecular weight is 313 g/mol. The number of hydrogen-bond donors (Lipinski definition) is 2. The first-order valence-corrected chi connectivity index (χ1v) is 8.97. The van der Waals surface area contributed by atoms with Crippen LogP contribution in [0, 0.1) is 5.92 Å². The molecule has 5 heteroatoms. The van der Waals surface area contributed by atoms with E-state index in [4.69, 9.17) is 4.74 Å². The third kappa shape index (κ3) is 9.26. The highest BCUT2D eigenvalue weighted by Gasteiger charge is 2.16. The van der Waals surface area contributed by atoms with Crippen molar-refractivity contribution in [3.8, 4) is 0 Å². The summed E-state index contributed by atoms with van der Waals surface area (Å²) in [4.78, 5) is 6.70. The van der Waals surface area contributed by atoms with Crippen molar-refractivity contribution in [2.45, 2.75) is 45.4 Å². The molecule has 1 rings (SSSR count). The van der Waals surface area contributed by atoms with Gasteiger partial charge in [0.05, 0.1) is 0 Å². The van der Waals surface area contributed by atoms with Crippen molar-refractivity contribution in [1.29, 1.82) is 0 Å². The molecular weight excluding hydrogens is 276 g/mol. The second-order valence-corrected chi connectivity index (χ2v) is 6.28. The minimum atomic E-state index is 0.833.